The van der Waals surface area contributed by atoms with E-state index >= 15 is 0 Å². The van der Waals surface area contributed by atoms with E-state index in [-0.39, 0.29) is 23.4 Å². The highest BCUT2D eigenvalue weighted by molar-refractivity contribution is 6.40. The first-order chi connectivity index (χ1) is 4.79. The van der Waals surface area contributed by atoms with Gasteiger partial charge < -0.3 is 0 Å². The predicted octanol–water partition coefficient (Wildman–Crippen LogP) is 0.721. The molecule has 0 unspecified atom stereocenters. The maximum atomic E-state index is 11.0. The third kappa shape index (κ3) is 0.589. The van der Waals surface area contributed by atoms with Crippen LogP contribution < -0.4 is 0 Å². The fourth-order valence-corrected chi connectivity index (χ4v) is 1.74. The van der Waals surface area contributed by atoms with E-state index in [0.29, 0.717) is 6.42 Å². The number of rotatable bonds is 0. The molecule has 0 radical (unpaired) electrons. The van der Waals surface area contributed by atoms with Gasteiger partial charge in [-0.2, -0.15) is 0 Å². The number of Topliss-reactive ketones (excluding diaryl/α,β-unsaturated/α-hetero) is 2. The van der Waals surface area contributed by atoms with Crippen LogP contribution in [0.5, 0.6) is 0 Å². The quantitative estimate of drug-likeness (QED) is 0.363. The third-order valence-corrected chi connectivity index (χ3v) is 2.32. The molecule has 52 valence electrons. The zero-order valence-electron chi connectivity index (χ0n) is 5.54. The summed E-state index contributed by atoms with van der Waals surface area (Å²) in [7, 11) is 0. The summed E-state index contributed by atoms with van der Waals surface area (Å²) in [6, 6.07) is 0. The Morgan fingerprint density at radius 1 is 1.40 bits per heavy atom. The average Bonchev–Trinajstić information content (AvgIpc) is 2.41. The van der Waals surface area contributed by atoms with E-state index < -0.39 is 0 Å². The second kappa shape index (κ2) is 1.78. The summed E-state index contributed by atoms with van der Waals surface area (Å²) in [6.07, 6.45) is 5.24. The van der Waals surface area contributed by atoms with Gasteiger partial charge in [0.1, 0.15) is 0 Å². The molecule has 2 nitrogen and oxygen atoms in total. The van der Waals surface area contributed by atoms with Crippen LogP contribution in [0.2, 0.25) is 0 Å². The summed E-state index contributed by atoms with van der Waals surface area (Å²) in [6.45, 7) is 0. The number of carbonyl (C=O) groups is 2. The number of hydrogen-bond acceptors (Lipinski definition) is 2. The lowest BCUT2D eigenvalue weighted by molar-refractivity contribution is -0.135. The zero-order valence-corrected chi connectivity index (χ0v) is 5.54. The molecule has 10 heavy (non-hydrogen) atoms. The van der Waals surface area contributed by atoms with Crippen LogP contribution in [0.4, 0.5) is 0 Å². The number of hydrogen-bond donors (Lipinski definition) is 0. The first kappa shape index (κ1) is 5.83. The first-order valence-corrected chi connectivity index (χ1v) is 3.53. The fourth-order valence-electron chi connectivity index (χ4n) is 1.74. The monoisotopic (exact) mass is 136 g/mol. The molecular weight excluding hydrogens is 128 g/mol. The molecule has 0 spiro atoms. The van der Waals surface area contributed by atoms with Crippen molar-refractivity contribution in [3.8, 4) is 0 Å². The van der Waals surface area contributed by atoms with Gasteiger partial charge in [-0.25, -0.2) is 0 Å². The smallest absolute Gasteiger partial charge is 0.202 e. The lowest BCUT2D eigenvalue weighted by Crippen LogP contribution is -2.12. The molecule has 1 fully saturated rings. The van der Waals surface area contributed by atoms with Crippen LogP contribution in [0.1, 0.15) is 12.8 Å². The average molecular weight is 136 g/mol. The standard InChI is InChI=1S/C8H8O2/c9-7-4-5-2-1-3-6(5)8(7)10/h1-2,5-6H,3-4H2/t5-,6-/m0/s1. The van der Waals surface area contributed by atoms with Crippen molar-refractivity contribution in [1.29, 1.82) is 0 Å². The maximum absolute atomic E-state index is 11.0. The van der Waals surface area contributed by atoms with Crippen molar-refractivity contribution in [3.63, 3.8) is 0 Å². The van der Waals surface area contributed by atoms with Crippen LogP contribution in [-0.4, -0.2) is 11.6 Å². The second-order valence-corrected chi connectivity index (χ2v) is 2.93. The molecule has 0 aliphatic heterocycles. The Balaban J connectivity index is 2.30. The van der Waals surface area contributed by atoms with Gasteiger partial charge in [0.2, 0.25) is 5.78 Å². The zero-order chi connectivity index (χ0) is 7.14. The number of allylic oxidation sites excluding steroid dienone is 2. The Bertz CT molecular complexity index is 227. The Morgan fingerprint density at radius 2 is 2.20 bits per heavy atom. The van der Waals surface area contributed by atoms with Crippen LogP contribution >= 0.6 is 0 Å². The SMILES string of the molecule is O=C1C[C@@H]2C=CC[C@@H]2C1=O. The highest BCUT2D eigenvalue weighted by Crippen LogP contribution is 2.34. The van der Waals surface area contributed by atoms with Gasteiger partial charge in [-0.1, -0.05) is 12.2 Å². The lowest BCUT2D eigenvalue weighted by atomic mass is 10.00. The molecule has 0 saturated heterocycles. The van der Waals surface area contributed by atoms with Gasteiger partial charge in [-0.3, -0.25) is 9.59 Å². The largest absolute Gasteiger partial charge is 0.291 e. The number of carbonyl (C=O) groups excluding carboxylic acids is 2. The maximum Gasteiger partial charge on any atom is 0.202 e. The Morgan fingerprint density at radius 3 is 2.90 bits per heavy atom. The van der Waals surface area contributed by atoms with Crippen molar-refractivity contribution in [3.05, 3.63) is 12.2 Å². The topological polar surface area (TPSA) is 34.1 Å². The first-order valence-electron chi connectivity index (χ1n) is 3.53. The highest BCUT2D eigenvalue weighted by Gasteiger charge is 2.40. The molecule has 2 atom stereocenters. The summed E-state index contributed by atoms with van der Waals surface area (Å²) in [5.74, 6) is -0.0400. The molecule has 2 rings (SSSR count). The third-order valence-electron chi connectivity index (χ3n) is 2.32. The molecule has 0 bridgehead atoms. The van der Waals surface area contributed by atoms with E-state index in [1.807, 2.05) is 12.2 Å². The van der Waals surface area contributed by atoms with Gasteiger partial charge in [0.15, 0.2) is 5.78 Å². The van der Waals surface area contributed by atoms with E-state index in [9.17, 15) is 9.59 Å². The minimum absolute atomic E-state index is 0.0208. The number of ketones is 2. The molecule has 2 aliphatic carbocycles. The van der Waals surface area contributed by atoms with E-state index in [2.05, 4.69) is 0 Å². The van der Waals surface area contributed by atoms with Crippen LogP contribution in [0, 0.1) is 11.8 Å². The molecular formula is C8H8O2. The van der Waals surface area contributed by atoms with Gasteiger partial charge in [0.05, 0.1) is 0 Å². The normalized spacial score (nSPS) is 37.2. The van der Waals surface area contributed by atoms with Crippen molar-refractivity contribution in [2.24, 2.45) is 11.8 Å². The Hall–Kier alpha value is -0.920. The molecule has 0 N–H and O–H groups in total. The Labute approximate surface area is 58.9 Å². The van der Waals surface area contributed by atoms with Gasteiger partial charge in [-0.15, -0.1) is 0 Å². The van der Waals surface area contributed by atoms with Crippen molar-refractivity contribution in [1.82, 2.24) is 0 Å². The van der Waals surface area contributed by atoms with E-state index in [1.165, 1.54) is 0 Å². The van der Waals surface area contributed by atoms with Gasteiger partial charge in [0, 0.05) is 12.3 Å². The number of fused-ring (bicyclic) bond motifs is 1. The molecule has 0 aromatic heterocycles. The van der Waals surface area contributed by atoms with E-state index in [1.54, 1.807) is 0 Å². The molecule has 0 aromatic carbocycles. The molecule has 2 aliphatic rings. The molecule has 0 aromatic rings. The van der Waals surface area contributed by atoms with Gasteiger partial charge >= 0.3 is 0 Å². The van der Waals surface area contributed by atoms with Crippen LogP contribution in [0.3, 0.4) is 0 Å². The summed E-state index contributed by atoms with van der Waals surface area (Å²) >= 11 is 0. The van der Waals surface area contributed by atoms with Crippen molar-refractivity contribution in [2.75, 3.05) is 0 Å². The minimum Gasteiger partial charge on any atom is -0.291 e. The summed E-state index contributed by atoms with van der Waals surface area (Å²) < 4.78 is 0. The Kier molecular flexibility index (Phi) is 1.04. The van der Waals surface area contributed by atoms with Gasteiger partial charge in [-0.05, 0) is 12.3 Å². The molecule has 0 amide bonds. The molecule has 1 saturated carbocycles. The fraction of sp³-hybridized carbons (Fsp3) is 0.500. The van der Waals surface area contributed by atoms with Crippen LogP contribution in [-0.2, 0) is 9.59 Å². The lowest BCUT2D eigenvalue weighted by Gasteiger charge is -2.01. The summed E-state index contributed by atoms with van der Waals surface area (Å²) in [4.78, 5) is 21.8. The van der Waals surface area contributed by atoms with Crippen LogP contribution in [0.15, 0.2) is 12.2 Å². The van der Waals surface area contributed by atoms with Crippen LogP contribution in [0.25, 0.3) is 0 Å². The predicted molar refractivity (Wildman–Crippen MR) is 35.4 cm³/mol. The van der Waals surface area contributed by atoms with E-state index in [4.69, 9.17) is 0 Å². The second-order valence-electron chi connectivity index (χ2n) is 2.93. The minimum atomic E-state index is -0.167. The summed E-state index contributed by atoms with van der Waals surface area (Å²) in [5, 5.41) is 0. The molecule has 0 heterocycles. The summed E-state index contributed by atoms with van der Waals surface area (Å²) in [5.41, 5.74) is 0. The van der Waals surface area contributed by atoms with Crippen molar-refractivity contribution < 1.29 is 9.59 Å². The highest BCUT2D eigenvalue weighted by atomic mass is 16.2. The molecule has 2 heteroatoms. The van der Waals surface area contributed by atoms with Gasteiger partial charge in [0.25, 0.3) is 0 Å². The van der Waals surface area contributed by atoms with Crippen molar-refractivity contribution >= 4 is 11.6 Å². The van der Waals surface area contributed by atoms with E-state index in [0.717, 1.165) is 6.42 Å². The van der Waals surface area contributed by atoms with Crippen molar-refractivity contribution in [2.45, 2.75) is 12.8 Å².